The second-order valence-electron chi connectivity index (χ2n) is 5.37. The molecule has 2 atom stereocenters. The minimum Gasteiger partial charge on any atom is -0.330 e. The molecule has 0 aliphatic carbocycles. The van der Waals surface area contributed by atoms with Gasteiger partial charge in [-0.15, -0.1) is 0 Å². The van der Waals surface area contributed by atoms with Crippen molar-refractivity contribution >= 4 is 10.0 Å². The topological polar surface area (TPSA) is 63.4 Å². The molecule has 1 fully saturated rings. The lowest BCUT2D eigenvalue weighted by molar-refractivity contribution is 0.388. The van der Waals surface area contributed by atoms with E-state index >= 15 is 0 Å². The van der Waals surface area contributed by atoms with E-state index < -0.39 is 14.8 Å². The summed E-state index contributed by atoms with van der Waals surface area (Å²) >= 11 is 0. The predicted molar refractivity (Wildman–Crippen MR) is 62.0 cm³/mol. The Morgan fingerprint density at radius 2 is 1.93 bits per heavy atom. The first-order valence-electron chi connectivity index (χ1n) is 5.41. The van der Waals surface area contributed by atoms with Crippen LogP contribution < -0.4 is 5.73 Å². The van der Waals surface area contributed by atoms with Gasteiger partial charge in [0.25, 0.3) is 0 Å². The summed E-state index contributed by atoms with van der Waals surface area (Å²) < 4.78 is 25.3. The number of nitrogens with zero attached hydrogens (tertiary/aromatic N) is 1. The minimum atomic E-state index is -3.19. The molecular formula is C10H22N2O2S. The Hall–Kier alpha value is -0.130. The van der Waals surface area contributed by atoms with Crippen molar-refractivity contribution < 1.29 is 8.42 Å². The third-order valence-corrected chi connectivity index (χ3v) is 5.69. The van der Waals surface area contributed by atoms with E-state index in [0.717, 1.165) is 6.42 Å². The van der Waals surface area contributed by atoms with Crippen molar-refractivity contribution in [3.05, 3.63) is 0 Å². The molecule has 0 aromatic carbocycles. The molecule has 0 spiro atoms. The Morgan fingerprint density at radius 1 is 1.40 bits per heavy atom. The maximum absolute atomic E-state index is 12.2. The zero-order chi connectivity index (χ0) is 11.9. The summed E-state index contributed by atoms with van der Waals surface area (Å²) in [4.78, 5) is 0. The number of sulfonamides is 1. The van der Waals surface area contributed by atoms with E-state index in [1.807, 2.05) is 6.92 Å². The molecule has 0 amide bonds. The van der Waals surface area contributed by atoms with E-state index in [1.165, 1.54) is 0 Å². The van der Waals surface area contributed by atoms with Crippen LogP contribution in [0.5, 0.6) is 0 Å². The largest absolute Gasteiger partial charge is 0.330 e. The fourth-order valence-electron chi connectivity index (χ4n) is 1.97. The first-order valence-corrected chi connectivity index (χ1v) is 6.85. The van der Waals surface area contributed by atoms with Crippen LogP contribution in [0, 0.1) is 5.92 Å². The van der Waals surface area contributed by atoms with E-state index in [2.05, 4.69) is 0 Å². The highest BCUT2D eigenvalue weighted by molar-refractivity contribution is 7.90. The summed E-state index contributed by atoms with van der Waals surface area (Å²) in [6, 6.07) is 0.0859. The molecule has 5 heteroatoms. The van der Waals surface area contributed by atoms with Crippen molar-refractivity contribution in [1.82, 2.24) is 4.31 Å². The number of hydrogen-bond donors (Lipinski definition) is 1. The lowest BCUT2D eigenvalue weighted by Gasteiger charge is -2.29. The van der Waals surface area contributed by atoms with Gasteiger partial charge in [0.2, 0.25) is 10.0 Å². The minimum absolute atomic E-state index is 0.0859. The Morgan fingerprint density at radius 3 is 2.27 bits per heavy atom. The molecule has 0 aromatic rings. The van der Waals surface area contributed by atoms with Crippen LogP contribution in [0.25, 0.3) is 0 Å². The molecule has 1 aliphatic rings. The molecule has 1 aliphatic heterocycles. The molecule has 1 heterocycles. The molecule has 0 aromatic heterocycles. The van der Waals surface area contributed by atoms with Crippen LogP contribution in [0.4, 0.5) is 0 Å². The summed E-state index contributed by atoms with van der Waals surface area (Å²) in [5, 5.41) is 0. The summed E-state index contributed by atoms with van der Waals surface area (Å²) in [6.07, 6.45) is 0.881. The third kappa shape index (κ3) is 2.34. The van der Waals surface area contributed by atoms with E-state index in [0.29, 0.717) is 19.0 Å². The van der Waals surface area contributed by atoms with E-state index in [9.17, 15) is 8.42 Å². The van der Waals surface area contributed by atoms with Crippen LogP contribution in [0.15, 0.2) is 0 Å². The van der Waals surface area contributed by atoms with Gasteiger partial charge >= 0.3 is 0 Å². The van der Waals surface area contributed by atoms with Crippen LogP contribution in [0.2, 0.25) is 0 Å². The second-order valence-corrected chi connectivity index (χ2v) is 8.02. The quantitative estimate of drug-likeness (QED) is 0.768. The number of rotatable bonds is 2. The van der Waals surface area contributed by atoms with Crippen LogP contribution >= 0.6 is 0 Å². The van der Waals surface area contributed by atoms with E-state index in [4.69, 9.17) is 5.73 Å². The molecule has 2 unspecified atom stereocenters. The fourth-order valence-corrected chi connectivity index (χ4v) is 3.64. The standard InChI is InChI=1S/C10H22N2O2S/c1-8-5-9(6-11)7-12(8)15(13,14)10(2,3)4/h8-9H,5-7,11H2,1-4H3. The molecule has 0 bridgehead atoms. The normalized spacial score (nSPS) is 29.7. The number of nitrogens with two attached hydrogens (primary N) is 1. The fraction of sp³-hybridized carbons (Fsp3) is 1.00. The van der Waals surface area contributed by atoms with Crippen molar-refractivity contribution in [1.29, 1.82) is 0 Å². The van der Waals surface area contributed by atoms with Crippen LogP contribution in [0.1, 0.15) is 34.1 Å². The molecule has 0 saturated carbocycles. The molecule has 2 N–H and O–H groups in total. The molecule has 90 valence electrons. The van der Waals surface area contributed by atoms with Crippen molar-refractivity contribution in [2.45, 2.75) is 44.9 Å². The van der Waals surface area contributed by atoms with Gasteiger partial charge in [0, 0.05) is 12.6 Å². The molecule has 1 rings (SSSR count). The Balaban J connectivity index is 2.91. The highest BCUT2D eigenvalue weighted by Crippen LogP contribution is 2.30. The maximum atomic E-state index is 12.2. The highest BCUT2D eigenvalue weighted by atomic mass is 32.2. The highest BCUT2D eigenvalue weighted by Gasteiger charge is 2.42. The zero-order valence-corrected chi connectivity index (χ0v) is 10.8. The van der Waals surface area contributed by atoms with Gasteiger partial charge in [-0.3, -0.25) is 0 Å². The van der Waals surface area contributed by atoms with Gasteiger partial charge in [0.1, 0.15) is 0 Å². The predicted octanol–water partition coefficient (Wildman–Crippen LogP) is 0.784. The van der Waals surface area contributed by atoms with Crippen LogP contribution in [0.3, 0.4) is 0 Å². The van der Waals surface area contributed by atoms with Crippen molar-refractivity contribution in [3.8, 4) is 0 Å². The van der Waals surface area contributed by atoms with Gasteiger partial charge in [-0.1, -0.05) is 0 Å². The SMILES string of the molecule is CC1CC(CN)CN1S(=O)(=O)C(C)(C)C. The molecule has 1 saturated heterocycles. The lowest BCUT2D eigenvalue weighted by atomic mass is 10.1. The molecular weight excluding hydrogens is 212 g/mol. The monoisotopic (exact) mass is 234 g/mol. The Bertz CT molecular complexity index is 319. The van der Waals surface area contributed by atoms with E-state index in [1.54, 1.807) is 25.1 Å². The first-order chi connectivity index (χ1) is 6.70. The van der Waals surface area contributed by atoms with Crippen molar-refractivity contribution in [2.24, 2.45) is 11.7 Å². The molecule has 4 nitrogen and oxygen atoms in total. The summed E-state index contributed by atoms with van der Waals surface area (Å²) in [5.41, 5.74) is 5.59. The van der Waals surface area contributed by atoms with Gasteiger partial charge in [-0.05, 0) is 46.6 Å². The van der Waals surface area contributed by atoms with Gasteiger partial charge in [-0.2, -0.15) is 4.31 Å². The van der Waals surface area contributed by atoms with Gasteiger partial charge in [-0.25, -0.2) is 8.42 Å². The van der Waals surface area contributed by atoms with Crippen molar-refractivity contribution in [2.75, 3.05) is 13.1 Å². The van der Waals surface area contributed by atoms with Crippen LogP contribution in [-0.4, -0.2) is 36.6 Å². The molecule has 0 radical (unpaired) electrons. The maximum Gasteiger partial charge on any atom is 0.219 e. The average molecular weight is 234 g/mol. The smallest absolute Gasteiger partial charge is 0.219 e. The van der Waals surface area contributed by atoms with Crippen molar-refractivity contribution in [3.63, 3.8) is 0 Å². The zero-order valence-electron chi connectivity index (χ0n) is 10.0. The van der Waals surface area contributed by atoms with Gasteiger partial charge in [0.05, 0.1) is 4.75 Å². The van der Waals surface area contributed by atoms with Gasteiger partial charge < -0.3 is 5.73 Å². The average Bonchev–Trinajstić information content (AvgIpc) is 2.45. The lowest BCUT2D eigenvalue weighted by Crippen LogP contribution is -2.44. The first kappa shape index (κ1) is 12.9. The van der Waals surface area contributed by atoms with Crippen LogP contribution in [-0.2, 0) is 10.0 Å². The Labute approximate surface area is 92.9 Å². The van der Waals surface area contributed by atoms with Gasteiger partial charge in [0.15, 0.2) is 0 Å². The summed E-state index contributed by atoms with van der Waals surface area (Å²) in [6.45, 7) is 8.33. The Kier molecular flexibility index (Phi) is 3.48. The summed E-state index contributed by atoms with van der Waals surface area (Å²) in [7, 11) is -3.19. The van der Waals surface area contributed by atoms with E-state index in [-0.39, 0.29) is 6.04 Å². The summed E-state index contributed by atoms with van der Waals surface area (Å²) in [5.74, 6) is 0.317. The molecule has 15 heavy (non-hydrogen) atoms. The second kappa shape index (κ2) is 4.03. The third-order valence-electron chi connectivity index (χ3n) is 3.02. The number of hydrogen-bond acceptors (Lipinski definition) is 3.